The van der Waals surface area contributed by atoms with Crippen LogP contribution >= 0.6 is 11.6 Å². The van der Waals surface area contributed by atoms with Gasteiger partial charge in [-0.15, -0.1) is 0 Å². The molecule has 20 heavy (non-hydrogen) atoms. The summed E-state index contributed by atoms with van der Waals surface area (Å²) in [6.45, 7) is 0.628. The molecule has 0 bridgehead atoms. The highest BCUT2D eigenvalue weighted by atomic mass is 35.5. The molecule has 2 aromatic rings. The fraction of sp³-hybridized carbons (Fsp3) is 0.133. The van der Waals surface area contributed by atoms with Gasteiger partial charge in [0.05, 0.1) is 29.5 Å². The number of carbonyl (C=O) groups excluding carboxylic acids is 1. The maximum absolute atomic E-state index is 13.2. The second kappa shape index (κ2) is 5.13. The van der Waals surface area contributed by atoms with Gasteiger partial charge in [-0.05, 0) is 29.8 Å². The highest BCUT2D eigenvalue weighted by molar-refractivity contribution is 6.30. The van der Waals surface area contributed by atoms with Gasteiger partial charge >= 0.3 is 0 Å². The van der Waals surface area contributed by atoms with Crippen LogP contribution in [0.2, 0.25) is 5.02 Å². The van der Waals surface area contributed by atoms with Gasteiger partial charge in [-0.25, -0.2) is 4.39 Å². The van der Waals surface area contributed by atoms with E-state index < -0.39 is 5.82 Å². The Bertz CT molecular complexity index is 675. The van der Waals surface area contributed by atoms with Crippen LogP contribution in [0.4, 0.5) is 15.8 Å². The van der Waals surface area contributed by atoms with Gasteiger partial charge in [-0.3, -0.25) is 4.79 Å². The van der Waals surface area contributed by atoms with E-state index in [1.54, 1.807) is 17.0 Å². The predicted molar refractivity (Wildman–Crippen MR) is 77.5 cm³/mol. The summed E-state index contributed by atoms with van der Waals surface area (Å²) in [6.07, 6.45) is 0. The molecule has 0 saturated carbocycles. The molecule has 0 spiro atoms. The van der Waals surface area contributed by atoms with Crippen molar-refractivity contribution in [3.05, 3.63) is 58.9 Å². The van der Waals surface area contributed by atoms with Crippen LogP contribution in [0.15, 0.2) is 42.5 Å². The molecule has 102 valence electrons. The Hall–Kier alpha value is -2.07. The molecule has 1 aliphatic heterocycles. The molecule has 1 heterocycles. The normalized spacial score (nSPS) is 13.9. The quantitative estimate of drug-likeness (QED) is 0.919. The number of amides is 1. The molecule has 0 saturated heterocycles. The van der Waals surface area contributed by atoms with Gasteiger partial charge in [0.2, 0.25) is 5.91 Å². The lowest BCUT2D eigenvalue weighted by Gasteiger charge is -2.30. The Morgan fingerprint density at radius 3 is 2.85 bits per heavy atom. The van der Waals surface area contributed by atoms with E-state index in [0.717, 1.165) is 16.9 Å². The van der Waals surface area contributed by atoms with E-state index in [0.29, 0.717) is 6.54 Å². The second-order valence-corrected chi connectivity index (χ2v) is 5.01. The molecule has 0 fully saturated rings. The number of carbonyl (C=O) groups is 1. The van der Waals surface area contributed by atoms with Gasteiger partial charge in [0, 0.05) is 0 Å². The Morgan fingerprint density at radius 2 is 2.05 bits per heavy atom. The van der Waals surface area contributed by atoms with Crippen molar-refractivity contribution in [3.8, 4) is 0 Å². The minimum Gasteiger partial charge on any atom is -0.374 e. The van der Waals surface area contributed by atoms with Gasteiger partial charge in [-0.2, -0.15) is 0 Å². The third-order valence-corrected chi connectivity index (χ3v) is 3.54. The van der Waals surface area contributed by atoms with E-state index in [1.807, 2.05) is 24.3 Å². The number of hydrogen-bond donors (Lipinski definition) is 1. The van der Waals surface area contributed by atoms with Crippen LogP contribution < -0.4 is 10.2 Å². The van der Waals surface area contributed by atoms with Crippen LogP contribution in [0.25, 0.3) is 0 Å². The zero-order valence-electron chi connectivity index (χ0n) is 10.6. The van der Waals surface area contributed by atoms with Gasteiger partial charge in [0.25, 0.3) is 0 Å². The summed E-state index contributed by atoms with van der Waals surface area (Å²) in [5.41, 5.74) is 2.53. The molecule has 0 atom stereocenters. The Morgan fingerprint density at radius 1 is 1.25 bits per heavy atom. The first-order valence-electron chi connectivity index (χ1n) is 6.22. The average molecular weight is 291 g/mol. The highest BCUT2D eigenvalue weighted by Crippen LogP contribution is 2.30. The maximum atomic E-state index is 13.2. The standard InChI is InChI=1S/C15H12ClFN2O/c16-11-7-10(5-6-12(11)17)9-19-14-4-2-1-3-13(14)18-8-15(19)20/h1-7,18H,8-9H2. The molecule has 5 heteroatoms. The van der Waals surface area contributed by atoms with E-state index in [-0.39, 0.29) is 17.5 Å². The van der Waals surface area contributed by atoms with Gasteiger partial charge < -0.3 is 10.2 Å². The van der Waals surface area contributed by atoms with Gasteiger partial charge in [0.15, 0.2) is 0 Å². The molecular formula is C15H12ClFN2O. The van der Waals surface area contributed by atoms with Crippen molar-refractivity contribution in [2.75, 3.05) is 16.8 Å². The Labute approximate surface area is 121 Å². The molecule has 1 aliphatic rings. The molecule has 0 aromatic heterocycles. The van der Waals surface area contributed by atoms with E-state index in [4.69, 9.17) is 11.6 Å². The number of halogens is 2. The molecular weight excluding hydrogens is 279 g/mol. The van der Waals surface area contributed by atoms with Crippen molar-refractivity contribution in [1.29, 1.82) is 0 Å². The summed E-state index contributed by atoms with van der Waals surface area (Å²) in [7, 11) is 0. The molecule has 0 aliphatic carbocycles. The summed E-state index contributed by atoms with van der Waals surface area (Å²) in [4.78, 5) is 13.7. The van der Waals surface area contributed by atoms with Crippen LogP contribution in [0.1, 0.15) is 5.56 Å². The van der Waals surface area contributed by atoms with E-state index in [2.05, 4.69) is 5.32 Å². The number of hydrogen-bond acceptors (Lipinski definition) is 2. The number of para-hydroxylation sites is 2. The van der Waals surface area contributed by atoms with Crippen molar-refractivity contribution in [3.63, 3.8) is 0 Å². The first kappa shape index (κ1) is 12.9. The Kier molecular flexibility index (Phi) is 3.32. The molecule has 1 N–H and O–H groups in total. The molecule has 0 unspecified atom stereocenters. The zero-order valence-corrected chi connectivity index (χ0v) is 11.3. The molecule has 2 aromatic carbocycles. The van der Waals surface area contributed by atoms with Crippen LogP contribution in [0.5, 0.6) is 0 Å². The summed E-state index contributed by atoms with van der Waals surface area (Å²) < 4.78 is 13.2. The lowest BCUT2D eigenvalue weighted by atomic mass is 10.1. The zero-order chi connectivity index (χ0) is 14.1. The summed E-state index contributed by atoms with van der Waals surface area (Å²) >= 11 is 5.78. The van der Waals surface area contributed by atoms with Gasteiger partial charge in [-0.1, -0.05) is 29.8 Å². The lowest BCUT2D eigenvalue weighted by Crippen LogP contribution is -2.39. The van der Waals surface area contributed by atoms with Crippen molar-refractivity contribution < 1.29 is 9.18 Å². The minimum atomic E-state index is -0.456. The summed E-state index contributed by atoms with van der Waals surface area (Å²) in [5, 5.41) is 3.14. The topological polar surface area (TPSA) is 32.3 Å². The van der Waals surface area contributed by atoms with Crippen LogP contribution in [0.3, 0.4) is 0 Å². The predicted octanol–water partition coefficient (Wildman–Crippen LogP) is 3.44. The van der Waals surface area contributed by atoms with Crippen LogP contribution in [0, 0.1) is 5.82 Å². The van der Waals surface area contributed by atoms with Crippen LogP contribution in [-0.4, -0.2) is 12.5 Å². The van der Waals surface area contributed by atoms with E-state index >= 15 is 0 Å². The molecule has 1 amide bonds. The lowest BCUT2D eigenvalue weighted by molar-refractivity contribution is -0.117. The fourth-order valence-corrected chi connectivity index (χ4v) is 2.46. The number of fused-ring (bicyclic) bond motifs is 1. The largest absolute Gasteiger partial charge is 0.374 e. The van der Waals surface area contributed by atoms with Crippen molar-refractivity contribution >= 4 is 28.9 Å². The van der Waals surface area contributed by atoms with Crippen molar-refractivity contribution in [2.45, 2.75) is 6.54 Å². The second-order valence-electron chi connectivity index (χ2n) is 4.60. The van der Waals surface area contributed by atoms with Crippen LogP contribution in [-0.2, 0) is 11.3 Å². The summed E-state index contributed by atoms with van der Waals surface area (Å²) in [6, 6.07) is 12.1. The molecule has 3 nitrogen and oxygen atoms in total. The smallest absolute Gasteiger partial charge is 0.246 e. The number of rotatable bonds is 2. The molecule has 3 rings (SSSR count). The van der Waals surface area contributed by atoms with Crippen molar-refractivity contribution in [1.82, 2.24) is 0 Å². The maximum Gasteiger partial charge on any atom is 0.246 e. The first-order chi connectivity index (χ1) is 9.65. The summed E-state index contributed by atoms with van der Waals surface area (Å²) in [5.74, 6) is -0.480. The number of nitrogens with one attached hydrogen (secondary N) is 1. The monoisotopic (exact) mass is 290 g/mol. The number of anilines is 2. The third kappa shape index (κ3) is 2.34. The van der Waals surface area contributed by atoms with Crippen molar-refractivity contribution in [2.24, 2.45) is 0 Å². The van der Waals surface area contributed by atoms with E-state index in [9.17, 15) is 9.18 Å². The third-order valence-electron chi connectivity index (χ3n) is 3.25. The fourth-order valence-electron chi connectivity index (χ4n) is 2.25. The highest BCUT2D eigenvalue weighted by Gasteiger charge is 2.23. The average Bonchev–Trinajstić information content (AvgIpc) is 2.46. The van der Waals surface area contributed by atoms with Gasteiger partial charge in [0.1, 0.15) is 5.82 Å². The van der Waals surface area contributed by atoms with E-state index in [1.165, 1.54) is 6.07 Å². The molecule has 0 radical (unpaired) electrons. The number of benzene rings is 2. The minimum absolute atomic E-state index is 0.0239. The number of nitrogens with zero attached hydrogens (tertiary/aromatic N) is 1. The first-order valence-corrected chi connectivity index (χ1v) is 6.60. The SMILES string of the molecule is O=C1CNc2ccccc2N1Cc1ccc(F)c(Cl)c1. The Balaban J connectivity index is 1.93.